The minimum Gasteiger partial charge on any atom is -0.497 e. The van der Waals surface area contributed by atoms with Crippen LogP contribution in [0.2, 0.25) is 0 Å². The Labute approximate surface area is 253 Å². The van der Waals surface area contributed by atoms with Gasteiger partial charge in [-0.1, -0.05) is 11.8 Å². The fraction of sp³-hybridized carbons (Fsp3) is 0.133. The fourth-order valence-corrected chi connectivity index (χ4v) is 5.83. The molecule has 0 spiro atoms. The number of methoxy groups -OCH3 is 2. The summed E-state index contributed by atoms with van der Waals surface area (Å²) in [6.07, 6.45) is 3.09. The van der Waals surface area contributed by atoms with Crippen LogP contribution in [0.25, 0.3) is 22.5 Å². The Morgan fingerprint density at radius 3 is 2.07 bits per heavy atom. The lowest BCUT2D eigenvalue weighted by Gasteiger charge is -2.08. The highest BCUT2D eigenvalue weighted by molar-refractivity contribution is 7.99. The molecule has 3 aromatic carbocycles. The first-order chi connectivity index (χ1) is 20.8. The van der Waals surface area contributed by atoms with Crippen LogP contribution in [-0.2, 0) is 14.8 Å². The van der Waals surface area contributed by atoms with E-state index in [1.54, 1.807) is 20.3 Å². The number of anilines is 2. The van der Waals surface area contributed by atoms with Gasteiger partial charge in [-0.25, -0.2) is 28.1 Å². The van der Waals surface area contributed by atoms with Crippen molar-refractivity contribution in [1.82, 2.24) is 19.9 Å². The second-order valence-corrected chi connectivity index (χ2v) is 11.8. The number of hydrogen-bond donors (Lipinski definition) is 3. The third kappa shape index (κ3) is 7.50. The molecule has 0 saturated heterocycles. The number of aromatic nitrogens is 4. The maximum absolute atomic E-state index is 12.6. The van der Waals surface area contributed by atoms with Gasteiger partial charge in [-0.2, -0.15) is 0 Å². The van der Waals surface area contributed by atoms with E-state index in [0.29, 0.717) is 16.6 Å². The lowest BCUT2D eigenvalue weighted by atomic mass is 10.0. The Morgan fingerprint density at radius 2 is 1.47 bits per heavy atom. The maximum atomic E-state index is 12.6. The number of ether oxygens (including phenoxy) is 2. The number of aromatic amines is 1. The van der Waals surface area contributed by atoms with Crippen molar-refractivity contribution in [3.05, 3.63) is 91.3 Å². The van der Waals surface area contributed by atoms with Crippen molar-refractivity contribution >= 4 is 39.3 Å². The number of imidazole rings is 1. The Balaban J connectivity index is 1.22. The van der Waals surface area contributed by atoms with Gasteiger partial charge in [0.1, 0.15) is 11.5 Å². The van der Waals surface area contributed by atoms with E-state index in [1.165, 1.54) is 48.4 Å². The van der Waals surface area contributed by atoms with Gasteiger partial charge in [0.25, 0.3) is 10.0 Å². The minimum atomic E-state index is -3.87. The van der Waals surface area contributed by atoms with Gasteiger partial charge in [-0.15, -0.1) is 0 Å². The Kier molecular flexibility index (Phi) is 9.23. The van der Waals surface area contributed by atoms with Crippen LogP contribution < -0.4 is 19.5 Å². The number of benzene rings is 3. The molecule has 2 aromatic heterocycles. The normalized spacial score (nSPS) is 11.1. The maximum Gasteiger partial charge on any atom is 0.264 e. The van der Waals surface area contributed by atoms with Gasteiger partial charge in [-0.05, 0) is 78.9 Å². The Hall–Kier alpha value is -4.88. The van der Waals surface area contributed by atoms with Crippen molar-refractivity contribution in [2.75, 3.05) is 30.0 Å². The molecule has 0 aliphatic rings. The summed E-state index contributed by atoms with van der Waals surface area (Å²) in [6, 6.07) is 22.8. The van der Waals surface area contributed by atoms with Crippen molar-refractivity contribution in [3.8, 4) is 34.0 Å². The number of sulfonamides is 1. The van der Waals surface area contributed by atoms with Crippen molar-refractivity contribution < 1.29 is 22.7 Å². The van der Waals surface area contributed by atoms with E-state index in [1.807, 2.05) is 48.5 Å². The molecule has 0 unspecified atom stereocenters. The van der Waals surface area contributed by atoms with Gasteiger partial charge >= 0.3 is 0 Å². The molecule has 220 valence electrons. The summed E-state index contributed by atoms with van der Waals surface area (Å²) in [7, 11) is -0.620. The third-order valence-electron chi connectivity index (χ3n) is 6.23. The molecule has 0 radical (unpaired) electrons. The SMILES string of the molecule is COc1ccc(-c2nc(SCCC(=O)Nc3ccc(S(=O)(=O)Nc4ncccn4)cc3)[nH]c2-c2ccc(OC)cc2)cc1. The molecule has 1 amide bonds. The number of nitrogens with zero attached hydrogens (tertiary/aromatic N) is 3. The predicted molar refractivity (Wildman–Crippen MR) is 166 cm³/mol. The number of thioether (sulfide) groups is 1. The predicted octanol–water partition coefficient (Wildman–Crippen LogP) is 5.47. The van der Waals surface area contributed by atoms with E-state index in [9.17, 15) is 13.2 Å². The molecule has 0 atom stereocenters. The summed E-state index contributed by atoms with van der Waals surface area (Å²) >= 11 is 1.43. The molecule has 0 saturated carbocycles. The highest BCUT2D eigenvalue weighted by Crippen LogP contribution is 2.34. The summed E-state index contributed by atoms with van der Waals surface area (Å²) in [5, 5.41) is 3.47. The molecule has 5 rings (SSSR count). The van der Waals surface area contributed by atoms with E-state index in [0.717, 1.165) is 34.0 Å². The first kappa shape index (κ1) is 29.6. The third-order valence-corrected chi connectivity index (χ3v) is 8.45. The van der Waals surface area contributed by atoms with Crippen molar-refractivity contribution in [3.63, 3.8) is 0 Å². The van der Waals surface area contributed by atoms with Gasteiger partial charge in [0.05, 0.1) is 30.5 Å². The van der Waals surface area contributed by atoms with Gasteiger partial charge in [0.15, 0.2) is 5.16 Å². The molecule has 3 N–H and O–H groups in total. The van der Waals surface area contributed by atoms with E-state index in [4.69, 9.17) is 14.5 Å². The molecule has 0 bridgehead atoms. The number of H-pyrrole nitrogens is 1. The number of amides is 1. The van der Waals surface area contributed by atoms with Gasteiger partial charge in [0, 0.05) is 41.4 Å². The molecule has 0 fully saturated rings. The van der Waals surface area contributed by atoms with Crippen LogP contribution in [0.3, 0.4) is 0 Å². The van der Waals surface area contributed by atoms with Crippen molar-refractivity contribution in [2.24, 2.45) is 0 Å². The van der Waals surface area contributed by atoms with E-state index >= 15 is 0 Å². The molecule has 43 heavy (non-hydrogen) atoms. The number of nitrogens with one attached hydrogen (secondary N) is 3. The Morgan fingerprint density at radius 1 is 0.860 bits per heavy atom. The summed E-state index contributed by atoms with van der Waals surface area (Å²) in [4.78, 5) is 28.6. The lowest BCUT2D eigenvalue weighted by Crippen LogP contribution is -2.15. The zero-order valence-corrected chi connectivity index (χ0v) is 24.9. The minimum absolute atomic E-state index is 0.0201. The summed E-state index contributed by atoms with van der Waals surface area (Å²) in [6.45, 7) is 0. The number of rotatable bonds is 12. The molecular weight excluding hydrogens is 589 g/mol. The van der Waals surface area contributed by atoms with Crippen LogP contribution in [0.15, 0.2) is 101 Å². The second kappa shape index (κ2) is 13.4. The Bertz CT molecular complexity index is 1710. The van der Waals surface area contributed by atoms with E-state index in [-0.39, 0.29) is 23.2 Å². The van der Waals surface area contributed by atoms with Crippen LogP contribution in [0.4, 0.5) is 11.6 Å². The van der Waals surface area contributed by atoms with Crippen molar-refractivity contribution in [1.29, 1.82) is 0 Å². The average molecular weight is 617 g/mol. The number of hydrogen-bond acceptors (Lipinski definition) is 9. The van der Waals surface area contributed by atoms with Gasteiger partial charge in [0.2, 0.25) is 11.9 Å². The zero-order valence-electron chi connectivity index (χ0n) is 23.3. The molecule has 2 heterocycles. The number of carbonyl (C=O) groups is 1. The smallest absolute Gasteiger partial charge is 0.264 e. The summed E-state index contributed by atoms with van der Waals surface area (Å²) < 4.78 is 38.1. The average Bonchev–Trinajstić information content (AvgIpc) is 3.46. The zero-order chi connectivity index (χ0) is 30.2. The highest BCUT2D eigenvalue weighted by Gasteiger charge is 2.17. The largest absolute Gasteiger partial charge is 0.497 e. The van der Waals surface area contributed by atoms with Crippen LogP contribution in [0, 0.1) is 0 Å². The van der Waals surface area contributed by atoms with Crippen molar-refractivity contribution in [2.45, 2.75) is 16.5 Å². The molecule has 11 nitrogen and oxygen atoms in total. The fourth-order valence-electron chi connectivity index (χ4n) is 4.06. The molecule has 0 aliphatic carbocycles. The summed E-state index contributed by atoms with van der Waals surface area (Å²) in [5.74, 6) is 1.74. The van der Waals surface area contributed by atoms with Crippen LogP contribution >= 0.6 is 11.8 Å². The monoisotopic (exact) mass is 616 g/mol. The highest BCUT2D eigenvalue weighted by atomic mass is 32.2. The van der Waals surface area contributed by atoms with Gasteiger partial charge < -0.3 is 19.8 Å². The summed E-state index contributed by atoms with van der Waals surface area (Å²) in [5.41, 5.74) is 3.97. The number of carbonyl (C=O) groups excluding carboxylic acids is 1. The van der Waals surface area contributed by atoms with Gasteiger partial charge in [-0.3, -0.25) is 4.79 Å². The second-order valence-electron chi connectivity index (χ2n) is 9.07. The van der Waals surface area contributed by atoms with Crippen LogP contribution in [-0.4, -0.2) is 54.2 Å². The molecule has 5 aromatic rings. The quantitative estimate of drug-likeness (QED) is 0.155. The standard InChI is InChI=1S/C30H28N6O5S2/c1-40-23-10-4-20(5-11-23)27-28(21-6-12-24(41-2)13-7-21)35-30(34-27)42-19-16-26(37)33-22-8-14-25(15-9-22)43(38,39)36-29-31-17-3-18-32-29/h3-15,17-18H,16,19H2,1-2H3,(H,33,37)(H,34,35)(H,31,32,36). The molecule has 13 heteroatoms. The van der Waals surface area contributed by atoms with E-state index in [2.05, 4.69) is 25.0 Å². The lowest BCUT2D eigenvalue weighted by molar-refractivity contribution is -0.115. The topological polar surface area (TPSA) is 148 Å². The molecular formula is C30H28N6O5S2. The van der Waals surface area contributed by atoms with E-state index < -0.39 is 10.0 Å². The first-order valence-corrected chi connectivity index (χ1v) is 15.5. The van der Waals surface area contributed by atoms with Crippen LogP contribution in [0.1, 0.15) is 6.42 Å². The molecule has 0 aliphatic heterocycles. The first-order valence-electron chi connectivity index (χ1n) is 13.1. The van der Waals surface area contributed by atoms with Crippen LogP contribution in [0.5, 0.6) is 11.5 Å².